The Kier molecular flexibility index (Phi) is 32.6. The first-order valence-corrected chi connectivity index (χ1v) is 57.4. The van der Waals surface area contributed by atoms with E-state index < -0.39 is 58.0 Å². The van der Waals surface area contributed by atoms with Crippen molar-refractivity contribution in [2.45, 2.75) is 81.8 Å². The summed E-state index contributed by atoms with van der Waals surface area (Å²) in [5, 5.41) is 41.4. The summed E-state index contributed by atoms with van der Waals surface area (Å²) in [4.78, 5) is 61.0. The van der Waals surface area contributed by atoms with Crippen molar-refractivity contribution in [1.82, 2.24) is 69.4 Å². The Morgan fingerprint density at radius 3 is 1.45 bits per heavy atom. The van der Waals surface area contributed by atoms with E-state index in [4.69, 9.17) is 47.3 Å². The minimum atomic E-state index is -4.66. The van der Waals surface area contributed by atoms with Crippen LogP contribution in [0.5, 0.6) is 23.1 Å². The molecule has 9 N–H and O–H groups in total. The zero-order valence-electron chi connectivity index (χ0n) is 81.5. The topological polar surface area (TPSA) is 395 Å². The number of carboxylic acids is 1. The van der Waals surface area contributed by atoms with E-state index in [1.807, 2.05) is 47.1 Å². The van der Waals surface area contributed by atoms with Gasteiger partial charge in [0, 0.05) is 113 Å². The van der Waals surface area contributed by atoms with Gasteiger partial charge in [-0.2, -0.15) is 51.4 Å². The lowest BCUT2D eigenvalue weighted by Crippen LogP contribution is -2.55. The minimum Gasteiger partial charge on any atom is -0.495 e. The van der Waals surface area contributed by atoms with Crippen LogP contribution < -0.4 is 87.7 Å². The number of aromatic nitrogens is 12. The number of rotatable bonds is 29. The molecule has 7 aromatic carbocycles. The van der Waals surface area contributed by atoms with Gasteiger partial charge in [-0.25, -0.2) is 34.7 Å². The average molecular weight is 2090 g/mol. The predicted molar refractivity (Wildman–Crippen MR) is 559 cm³/mol. The van der Waals surface area contributed by atoms with Crippen molar-refractivity contribution in [3.05, 3.63) is 221 Å². The number of methoxy groups -OCH3 is 4. The van der Waals surface area contributed by atoms with E-state index in [9.17, 15) is 49.4 Å². The standard InChI is InChI=1S/C28H39ClN9O3P.C27H24F3N6OP.C23H28F3N4OP.C21H22ClN4O5P/c1-36-12-14-38(15-13-36)19-8-10-37(11-9-19)20-6-7-22(23(16-20)40-2)32-28-31-17-21(29)25(35-28)34-26-27(41-3)33-24(18-30-26)42(4,5)39;1-38(2,37)22-11-8-20(9-12-22)34-26-31-16-23(27(28,29)30)25(35-26)33-21-10-13-24-19(14-21)15-32-36(24)17-18-6-4-3-5-7-18;1-32(2,31)18-5-3-17(4-6-18)28-21-27-13-19(23(24,25)26)20(29-21)30-22-10-14-7-15(11-22)9-16(8-14)12-22;1-30-17-9-12(20(27)28)5-7-15(17)24-19-14(22)11-23-21(26-19)25-16-8-6-13(32(3,4)29)10-18(16)31-2/h6-7,16-19H,8-15H2,1-5H3,(H2,30,31,32,34,35);3-16H,17H2,1-2H3,(H2,31,33,34,35);3-6,13-16H,7-12H2,1-2H3,(H2,27,28,29,30);5-11H,1-4H3,(H,27,28)(H2,23,24,25,26). The number of piperidine rings is 1. The smallest absolute Gasteiger partial charge is 0.421 e. The van der Waals surface area contributed by atoms with Gasteiger partial charge in [0.15, 0.2) is 17.5 Å². The number of fused-ring (bicyclic) bond motifs is 1. The molecule has 6 fully saturated rings. The van der Waals surface area contributed by atoms with Crippen LogP contribution in [-0.4, -0.2) is 220 Å². The molecule has 8 heterocycles. The van der Waals surface area contributed by atoms with Crippen molar-refractivity contribution in [2.75, 3.05) is 176 Å². The molecule has 2 saturated heterocycles. The molecule has 6 aliphatic rings. The van der Waals surface area contributed by atoms with Crippen LogP contribution in [0.25, 0.3) is 10.9 Å². The van der Waals surface area contributed by atoms with Gasteiger partial charge in [0.25, 0.3) is 5.88 Å². The molecule has 4 aliphatic carbocycles. The van der Waals surface area contributed by atoms with E-state index in [2.05, 4.69) is 131 Å². The maximum Gasteiger partial charge on any atom is 0.421 e. The van der Waals surface area contributed by atoms with Crippen LogP contribution in [0.1, 0.15) is 78.4 Å². The molecule has 33 nitrogen and oxygen atoms in total. The Morgan fingerprint density at radius 1 is 0.458 bits per heavy atom. The molecule has 0 amide bonds. The molecule has 45 heteroatoms. The maximum atomic E-state index is 13.8. The molecule has 0 atom stereocenters. The zero-order valence-corrected chi connectivity index (χ0v) is 86.5. The predicted octanol–water partition coefficient (Wildman–Crippen LogP) is 21.0. The minimum absolute atomic E-state index is 0.0128. The van der Waals surface area contributed by atoms with Crippen LogP contribution >= 0.6 is 51.8 Å². The highest BCUT2D eigenvalue weighted by Gasteiger charge is 2.52. The third kappa shape index (κ3) is 26.9. The van der Waals surface area contributed by atoms with Crippen molar-refractivity contribution in [3.8, 4) is 23.1 Å². The van der Waals surface area contributed by atoms with Gasteiger partial charge in [-0.1, -0.05) is 53.5 Å². The Hall–Kier alpha value is -12.7. The number of nitrogens with one attached hydrogen (secondary N) is 8. The van der Waals surface area contributed by atoms with E-state index >= 15 is 0 Å². The van der Waals surface area contributed by atoms with Gasteiger partial charge in [-0.05, 0) is 250 Å². The number of carboxylic acid groups (broad SMARTS) is 1. The maximum absolute atomic E-state index is 13.8. The molecule has 0 unspecified atom stereocenters. The summed E-state index contributed by atoms with van der Waals surface area (Å²) in [6, 6.07) is 45.2. The number of hydrogen-bond acceptors (Lipinski definition) is 31. The second-order valence-electron chi connectivity index (χ2n) is 37.6. The van der Waals surface area contributed by atoms with Crippen molar-refractivity contribution >= 4 is 183 Å². The fraction of sp³-hybridized carbons (Fsp3) is 0.354. The highest BCUT2D eigenvalue weighted by Crippen LogP contribution is 2.58. The molecule has 760 valence electrons. The number of piperazine rings is 1. The molecule has 0 radical (unpaired) electrons. The number of anilines is 16. The van der Waals surface area contributed by atoms with Gasteiger partial charge in [-0.15, -0.1) is 0 Å². The first-order chi connectivity index (χ1) is 68.3. The van der Waals surface area contributed by atoms with Gasteiger partial charge >= 0.3 is 18.3 Å². The lowest BCUT2D eigenvalue weighted by atomic mass is 9.53. The molecule has 6 aromatic heterocycles. The number of benzene rings is 7. The normalized spacial score (nSPS) is 17.1. The van der Waals surface area contributed by atoms with E-state index in [0.717, 1.165) is 117 Å². The van der Waals surface area contributed by atoms with Crippen molar-refractivity contribution in [3.63, 3.8) is 0 Å². The van der Waals surface area contributed by atoms with Gasteiger partial charge in [-0.3, -0.25) is 9.58 Å². The first kappa shape index (κ1) is 106. The number of likely N-dealkylation sites (N-methyl/N-ethyl adjacent to an activating group) is 1. The number of halogens is 8. The van der Waals surface area contributed by atoms with E-state index in [1.54, 1.807) is 152 Å². The molecular weight excluding hydrogens is 1980 g/mol. The fourth-order valence-corrected chi connectivity index (χ4v) is 21.9. The second-order valence-corrected chi connectivity index (χ2v) is 51.2. The largest absolute Gasteiger partial charge is 0.495 e. The molecule has 144 heavy (non-hydrogen) atoms. The number of hydrogen-bond donors (Lipinski definition) is 9. The van der Waals surface area contributed by atoms with Crippen LogP contribution in [0.2, 0.25) is 10.0 Å². The lowest BCUT2D eigenvalue weighted by molar-refractivity contribution is -0.138. The molecule has 2 aliphatic heterocycles. The summed E-state index contributed by atoms with van der Waals surface area (Å²) in [5.74, 6) is 3.44. The fourth-order valence-electron chi connectivity index (χ4n) is 18.3. The van der Waals surface area contributed by atoms with Crippen molar-refractivity contribution in [2.24, 2.45) is 17.8 Å². The quantitative estimate of drug-likeness (QED) is 0.0155. The third-order valence-corrected chi connectivity index (χ3v) is 31.9. The SMILES string of the molecule is COc1cc(N2CCC(N3CCN(C)CC3)CC2)ccc1Nc1ncc(Cl)c(Nc2ncc(P(C)(C)=O)nc2OC)n1.COc1cc(P(C)(C)=O)ccc1Nc1ncc(Cl)c(Nc2ccc(C(=O)O)cc2OC)n1.CP(C)(=O)c1ccc(Nc2ncc(C(F)(F)F)c(NC34CC5CC(CC(C5)C3)C4)n2)cc1.CP(C)(=O)c1ccc(Nc2ncc(C(F)(F)F)c(Nc3ccc4c(cnn4Cc4ccccc4)c3)n2)cc1. The van der Waals surface area contributed by atoms with E-state index in [0.29, 0.717) is 110 Å². The number of carbonyl (C=O) groups is 1. The summed E-state index contributed by atoms with van der Waals surface area (Å²) < 4.78 is 155. The Morgan fingerprint density at radius 2 is 0.931 bits per heavy atom. The second kappa shape index (κ2) is 44.5. The third-order valence-electron chi connectivity index (χ3n) is 25.4. The van der Waals surface area contributed by atoms with Crippen LogP contribution in [-0.2, 0) is 37.2 Å². The molecular formula is C99H113Cl2F6N23O10P4. The average Bonchev–Trinajstić information content (AvgIpc) is 1.04. The van der Waals surface area contributed by atoms with E-state index in [1.165, 1.54) is 71.3 Å². The van der Waals surface area contributed by atoms with Gasteiger partial charge in [0.1, 0.15) is 84.1 Å². The van der Waals surface area contributed by atoms with Crippen LogP contribution in [0.4, 0.5) is 119 Å². The van der Waals surface area contributed by atoms with Gasteiger partial charge < -0.3 is 94.6 Å². The summed E-state index contributed by atoms with van der Waals surface area (Å²) in [5.41, 5.74) is 4.82. The molecule has 4 bridgehead atoms. The van der Waals surface area contributed by atoms with E-state index in [-0.39, 0.29) is 62.3 Å². The highest BCUT2D eigenvalue weighted by molar-refractivity contribution is 7.71. The van der Waals surface area contributed by atoms with Crippen molar-refractivity contribution in [1.29, 1.82) is 0 Å². The highest BCUT2D eigenvalue weighted by atomic mass is 35.5. The Labute approximate surface area is 840 Å². The van der Waals surface area contributed by atoms with Crippen molar-refractivity contribution < 1.29 is 73.5 Å². The molecule has 19 rings (SSSR count). The summed E-state index contributed by atoms with van der Waals surface area (Å²) in [7, 11) is -1.59. The number of alkyl halides is 6. The summed E-state index contributed by atoms with van der Waals surface area (Å²) in [6.45, 7) is 20.6. The first-order valence-electron chi connectivity index (χ1n) is 46.2. The molecule has 0 spiro atoms. The van der Waals surface area contributed by atoms with Crippen LogP contribution in [0.3, 0.4) is 0 Å². The Balaban J connectivity index is 0.000000145. The number of ether oxygens (including phenoxy) is 4. The van der Waals surface area contributed by atoms with Crippen LogP contribution in [0, 0.1) is 17.8 Å². The van der Waals surface area contributed by atoms with Gasteiger partial charge in [0.05, 0.1) is 87.9 Å². The molecule has 13 aromatic rings. The number of nitrogens with zero attached hydrogens (tertiary/aromatic N) is 15. The molecule has 4 saturated carbocycles. The number of aromatic carboxylic acids is 1. The zero-order chi connectivity index (χ0) is 103. The lowest BCUT2D eigenvalue weighted by Gasteiger charge is -2.57. The summed E-state index contributed by atoms with van der Waals surface area (Å²) in [6.07, 6.45) is 7.16. The van der Waals surface area contributed by atoms with Gasteiger partial charge in [0.2, 0.25) is 23.8 Å². The van der Waals surface area contributed by atoms with Crippen LogP contribution in [0.15, 0.2) is 189 Å². The monoisotopic (exact) mass is 2090 g/mol. The Bertz CT molecular complexity index is 6960. The summed E-state index contributed by atoms with van der Waals surface area (Å²) >= 11 is 12.6.